The van der Waals surface area contributed by atoms with E-state index in [4.69, 9.17) is 4.74 Å². The third-order valence-corrected chi connectivity index (χ3v) is 6.80. The second kappa shape index (κ2) is 14.5. The Morgan fingerprint density at radius 3 is 2.27 bits per heavy atom. The van der Waals surface area contributed by atoms with Gasteiger partial charge in [-0.3, -0.25) is 14.4 Å². The highest BCUT2D eigenvalue weighted by atomic mass is 32.2. The summed E-state index contributed by atoms with van der Waals surface area (Å²) in [6, 6.07) is 30.8. The monoisotopic (exact) mass is 565 g/mol. The first-order valence-electron chi connectivity index (χ1n) is 13.1. The minimum Gasteiger partial charge on any atom is -0.493 e. The number of ether oxygens (including phenoxy) is 1. The highest BCUT2D eigenvalue weighted by molar-refractivity contribution is 8.00. The van der Waals surface area contributed by atoms with Crippen LogP contribution in [0.2, 0.25) is 0 Å². The molecule has 0 radical (unpaired) electrons. The van der Waals surface area contributed by atoms with Gasteiger partial charge in [-0.25, -0.2) is 0 Å². The third-order valence-electron chi connectivity index (χ3n) is 5.81. The molecule has 41 heavy (non-hydrogen) atoms. The Morgan fingerprint density at radius 2 is 1.51 bits per heavy atom. The van der Waals surface area contributed by atoms with Gasteiger partial charge in [-0.2, -0.15) is 0 Å². The topological polar surface area (TPSA) is 96.5 Å². The third kappa shape index (κ3) is 8.84. The summed E-state index contributed by atoms with van der Waals surface area (Å²) in [4.78, 5) is 39.7. The summed E-state index contributed by atoms with van der Waals surface area (Å²) in [5.41, 5.74) is 3.47. The van der Waals surface area contributed by atoms with E-state index in [1.807, 2.05) is 68.4 Å². The van der Waals surface area contributed by atoms with Crippen molar-refractivity contribution in [3.8, 4) is 5.75 Å². The number of hydrogen-bond donors (Lipinski definition) is 3. The second-order valence-electron chi connectivity index (χ2n) is 9.04. The molecule has 0 aliphatic heterocycles. The first kappa shape index (κ1) is 29.2. The molecule has 4 aromatic rings. The second-order valence-corrected chi connectivity index (χ2v) is 10.1. The van der Waals surface area contributed by atoms with E-state index in [-0.39, 0.29) is 17.4 Å². The smallest absolute Gasteiger partial charge is 0.272 e. The van der Waals surface area contributed by atoms with Gasteiger partial charge in [0.2, 0.25) is 5.91 Å². The van der Waals surface area contributed by atoms with Crippen molar-refractivity contribution in [3.05, 3.63) is 126 Å². The van der Waals surface area contributed by atoms with E-state index >= 15 is 0 Å². The fourth-order valence-electron chi connectivity index (χ4n) is 3.92. The Balaban J connectivity index is 1.49. The zero-order valence-electron chi connectivity index (χ0n) is 22.8. The molecule has 0 spiro atoms. The molecule has 7 nitrogen and oxygen atoms in total. The number of amides is 3. The highest BCUT2D eigenvalue weighted by Gasteiger charge is 2.16. The first-order chi connectivity index (χ1) is 19.9. The Kier molecular flexibility index (Phi) is 10.3. The van der Waals surface area contributed by atoms with Crippen molar-refractivity contribution in [2.45, 2.75) is 18.7 Å². The van der Waals surface area contributed by atoms with E-state index in [0.717, 1.165) is 16.1 Å². The molecule has 0 aliphatic rings. The molecule has 3 amide bonds. The largest absolute Gasteiger partial charge is 0.493 e. The fraction of sp³-hybridized carbons (Fsp3) is 0.121. The van der Waals surface area contributed by atoms with Crippen LogP contribution in [0.25, 0.3) is 6.08 Å². The number of hydrogen-bond acceptors (Lipinski definition) is 5. The van der Waals surface area contributed by atoms with E-state index in [2.05, 4.69) is 16.0 Å². The molecule has 0 saturated carbocycles. The van der Waals surface area contributed by atoms with Gasteiger partial charge >= 0.3 is 0 Å². The van der Waals surface area contributed by atoms with Crippen LogP contribution < -0.4 is 20.7 Å². The molecular formula is C33H31N3O4S. The lowest BCUT2D eigenvalue weighted by Gasteiger charge is -2.13. The van der Waals surface area contributed by atoms with Crippen molar-refractivity contribution >= 4 is 46.9 Å². The SMILES string of the molecule is CCOc1ccccc1/C=C(/NC(=O)c1ccccc1)C(=O)Nc1cccc(SCC(=O)Nc2cccc(C)c2)c1. The Hall–Kier alpha value is -4.82. The number of aryl methyl sites for hydroxylation is 1. The number of anilines is 2. The average Bonchev–Trinajstić information content (AvgIpc) is 2.97. The fourth-order valence-corrected chi connectivity index (χ4v) is 4.67. The van der Waals surface area contributed by atoms with Crippen LogP contribution in [0, 0.1) is 6.92 Å². The summed E-state index contributed by atoms with van der Waals surface area (Å²) < 4.78 is 5.71. The van der Waals surface area contributed by atoms with Crippen LogP contribution in [0.3, 0.4) is 0 Å². The number of para-hydroxylation sites is 1. The van der Waals surface area contributed by atoms with Gasteiger partial charge in [-0.15, -0.1) is 11.8 Å². The maximum Gasteiger partial charge on any atom is 0.272 e. The molecule has 0 unspecified atom stereocenters. The van der Waals surface area contributed by atoms with E-state index in [1.165, 1.54) is 11.8 Å². The molecule has 0 aromatic heterocycles. The van der Waals surface area contributed by atoms with Crippen LogP contribution >= 0.6 is 11.8 Å². The first-order valence-corrected chi connectivity index (χ1v) is 14.1. The minimum absolute atomic E-state index is 0.0570. The Labute approximate surface area is 244 Å². The number of carbonyl (C=O) groups is 3. The van der Waals surface area contributed by atoms with Crippen LogP contribution in [0.4, 0.5) is 11.4 Å². The number of benzene rings is 4. The van der Waals surface area contributed by atoms with Gasteiger partial charge in [0.1, 0.15) is 11.4 Å². The molecule has 0 fully saturated rings. The molecule has 208 valence electrons. The van der Waals surface area contributed by atoms with Crippen LogP contribution in [-0.4, -0.2) is 30.1 Å². The van der Waals surface area contributed by atoms with Gasteiger partial charge in [-0.1, -0.05) is 54.6 Å². The summed E-state index contributed by atoms with van der Waals surface area (Å²) in [7, 11) is 0. The Morgan fingerprint density at radius 1 is 0.805 bits per heavy atom. The van der Waals surface area contributed by atoms with Gasteiger partial charge in [0.25, 0.3) is 11.8 Å². The zero-order valence-corrected chi connectivity index (χ0v) is 23.7. The molecule has 4 rings (SSSR count). The lowest BCUT2D eigenvalue weighted by Crippen LogP contribution is -2.30. The number of carbonyl (C=O) groups excluding carboxylic acids is 3. The molecule has 0 atom stereocenters. The summed E-state index contributed by atoms with van der Waals surface area (Å²) in [5, 5.41) is 8.51. The lowest BCUT2D eigenvalue weighted by molar-refractivity contribution is -0.114. The van der Waals surface area contributed by atoms with Gasteiger partial charge in [-0.05, 0) is 74.0 Å². The highest BCUT2D eigenvalue weighted by Crippen LogP contribution is 2.24. The average molecular weight is 566 g/mol. The minimum atomic E-state index is -0.500. The van der Waals surface area contributed by atoms with E-state index in [1.54, 1.807) is 54.6 Å². The van der Waals surface area contributed by atoms with Crippen molar-refractivity contribution in [1.82, 2.24) is 5.32 Å². The van der Waals surface area contributed by atoms with E-state index in [0.29, 0.717) is 29.2 Å². The predicted molar refractivity (Wildman–Crippen MR) is 165 cm³/mol. The van der Waals surface area contributed by atoms with E-state index in [9.17, 15) is 14.4 Å². The van der Waals surface area contributed by atoms with E-state index < -0.39 is 11.8 Å². The van der Waals surface area contributed by atoms with Crippen LogP contribution in [-0.2, 0) is 9.59 Å². The standard InChI is InChI=1S/C33H31N3O4S/c1-3-40-30-18-8-7-14-25(30)20-29(36-32(38)24-12-5-4-6-13-24)33(39)35-27-16-10-17-28(21-27)41-22-31(37)34-26-15-9-11-23(2)19-26/h4-21H,3,22H2,1-2H3,(H,34,37)(H,35,39)(H,36,38)/b29-20+. The molecular weight excluding hydrogens is 534 g/mol. The molecule has 0 bridgehead atoms. The predicted octanol–water partition coefficient (Wildman–Crippen LogP) is 6.53. The quantitative estimate of drug-likeness (QED) is 0.142. The van der Waals surface area contributed by atoms with Crippen molar-refractivity contribution in [1.29, 1.82) is 0 Å². The maximum atomic E-state index is 13.5. The van der Waals surface area contributed by atoms with Crippen molar-refractivity contribution in [2.75, 3.05) is 23.0 Å². The van der Waals surface area contributed by atoms with Crippen molar-refractivity contribution in [2.24, 2.45) is 0 Å². The van der Waals surface area contributed by atoms with Crippen molar-refractivity contribution < 1.29 is 19.1 Å². The summed E-state index contributed by atoms with van der Waals surface area (Å²) >= 11 is 1.36. The molecule has 0 saturated heterocycles. The molecule has 0 aliphatic carbocycles. The zero-order chi connectivity index (χ0) is 29.0. The van der Waals surface area contributed by atoms with Crippen molar-refractivity contribution in [3.63, 3.8) is 0 Å². The van der Waals surface area contributed by atoms with Gasteiger partial charge in [0.15, 0.2) is 0 Å². The number of thioether (sulfide) groups is 1. The van der Waals surface area contributed by atoms with Crippen LogP contribution in [0.5, 0.6) is 5.75 Å². The normalized spacial score (nSPS) is 10.9. The summed E-state index contributed by atoms with van der Waals surface area (Å²) in [6.07, 6.45) is 1.59. The molecule has 4 aromatic carbocycles. The number of nitrogens with one attached hydrogen (secondary N) is 3. The number of rotatable bonds is 11. The van der Waals surface area contributed by atoms with Gasteiger partial charge < -0.3 is 20.7 Å². The molecule has 0 heterocycles. The van der Waals surface area contributed by atoms with Crippen LogP contribution in [0.1, 0.15) is 28.4 Å². The molecule has 3 N–H and O–H groups in total. The lowest BCUT2D eigenvalue weighted by atomic mass is 10.1. The molecule has 8 heteroatoms. The maximum absolute atomic E-state index is 13.5. The summed E-state index contributed by atoms with van der Waals surface area (Å²) in [5.74, 6) is -0.240. The Bertz CT molecular complexity index is 1550. The van der Waals surface area contributed by atoms with Gasteiger partial charge in [0.05, 0.1) is 12.4 Å². The van der Waals surface area contributed by atoms with Crippen LogP contribution in [0.15, 0.2) is 114 Å². The summed E-state index contributed by atoms with van der Waals surface area (Å²) in [6.45, 7) is 4.30. The van der Waals surface area contributed by atoms with Gasteiger partial charge in [0, 0.05) is 27.4 Å².